The third-order valence-corrected chi connectivity index (χ3v) is 6.85. The molecule has 1 unspecified atom stereocenters. The minimum absolute atomic E-state index is 0.00204. The van der Waals surface area contributed by atoms with E-state index in [1.165, 1.54) is 6.07 Å². The summed E-state index contributed by atoms with van der Waals surface area (Å²) >= 11 is 0. The molecule has 2 aromatic carbocycles. The van der Waals surface area contributed by atoms with Crippen molar-refractivity contribution in [2.75, 3.05) is 25.0 Å². The lowest BCUT2D eigenvalue weighted by atomic mass is 10.0. The Morgan fingerprint density at radius 2 is 1.83 bits per heavy atom. The molecule has 0 spiro atoms. The molecule has 0 N–H and O–H groups in total. The predicted octanol–water partition coefficient (Wildman–Crippen LogP) is 5.29. The van der Waals surface area contributed by atoms with Crippen LogP contribution in [0.25, 0.3) is 22.2 Å². The largest absolute Gasteiger partial charge is 0.416 e. The lowest BCUT2D eigenvalue weighted by molar-refractivity contribution is -0.138. The number of hydrogen-bond acceptors (Lipinski definition) is 5. The van der Waals surface area contributed by atoms with Gasteiger partial charge in [-0.2, -0.15) is 18.3 Å². The van der Waals surface area contributed by atoms with Gasteiger partial charge < -0.3 is 4.90 Å². The zero-order valence-corrected chi connectivity index (χ0v) is 20.0. The number of nitrogens with zero attached hydrogens (tertiary/aromatic N) is 6. The Balaban J connectivity index is 1.41. The lowest BCUT2D eigenvalue weighted by Gasteiger charge is -2.38. The summed E-state index contributed by atoms with van der Waals surface area (Å²) in [5.41, 5.74) is 0.746. The quantitative estimate of drug-likeness (QED) is 0.350. The fraction of sp³-hybridized carbons (Fsp3) is 0.346. The summed E-state index contributed by atoms with van der Waals surface area (Å²) in [6.07, 6.45) is -1.19. The fourth-order valence-corrected chi connectivity index (χ4v) is 4.97. The van der Waals surface area contributed by atoms with E-state index in [0.29, 0.717) is 12.6 Å². The van der Waals surface area contributed by atoms with Gasteiger partial charge in [-0.3, -0.25) is 9.58 Å². The van der Waals surface area contributed by atoms with Crippen molar-refractivity contribution in [3.05, 3.63) is 71.7 Å². The van der Waals surface area contributed by atoms with Crippen molar-refractivity contribution in [1.29, 1.82) is 0 Å². The number of hydrogen-bond donors (Lipinski definition) is 0. The van der Waals surface area contributed by atoms with Gasteiger partial charge in [-0.05, 0) is 43.7 Å². The highest BCUT2D eigenvalue weighted by Crippen LogP contribution is 2.35. The van der Waals surface area contributed by atoms with E-state index in [1.807, 2.05) is 49.3 Å². The van der Waals surface area contributed by atoms with Crippen LogP contribution < -0.4 is 4.90 Å². The third-order valence-electron chi connectivity index (χ3n) is 6.85. The number of piperidine rings is 1. The molecule has 4 aromatic rings. The predicted molar refractivity (Wildman–Crippen MR) is 130 cm³/mol. The van der Waals surface area contributed by atoms with E-state index in [2.05, 4.69) is 20.2 Å². The average Bonchev–Trinajstić information content (AvgIpc) is 3.29. The summed E-state index contributed by atoms with van der Waals surface area (Å²) in [7, 11) is 3.67. The van der Waals surface area contributed by atoms with Crippen LogP contribution in [-0.2, 0) is 19.8 Å². The van der Waals surface area contributed by atoms with Crippen molar-refractivity contribution in [2.24, 2.45) is 7.05 Å². The Bertz CT molecular complexity index is 1380. The first kappa shape index (κ1) is 24.2. The van der Waals surface area contributed by atoms with Crippen LogP contribution in [0.5, 0.6) is 0 Å². The van der Waals surface area contributed by atoms with Gasteiger partial charge >= 0.3 is 6.18 Å². The van der Waals surface area contributed by atoms with Crippen LogP contribution in [0.3, 0.4) is 0 Å². The number of anilines is 1. The van der Waals surface area contributed by atoms with E-state index >= 15 is 0 Å². The van der Waals surface area contributed by atoms with Gasteiger partial charge in [0, 0.05) is 49.7 Å². The molecule has 0 aliphatic carbocycles. The van der Waals surface area contributed by atoms with Crippen molar-refractivity contribution in [2.45, 2.75) is 31.6 Å². The van der Waals surface area contributed by atoms with Crippen LogP contribution in [0, 0.1) is 5.82 Å². The molecule has 0 amide bonds. The van der Waals surface area contributed by atoms with Gasteiger partial charge in [0.1, 0.15) is 11.5 Å². The molecule has 1 fully saturated rings. The molecular formula is C26H26F4N6. The van der Waals surface area contributed by atoms with Crippen molar-refractivity contribution in [1.82, 2.24) is 24.9 Å². The molecule has 1 saturated heterocycles. The molecule has 0 saturated carbocycles. The van der Waals surface area contributed by atoms with Gasteiger partial charge in [0.15, 0.2) is 5.82 Å². The normalized spacial score (nSPS) is 16.8. The monoisotopic (exact) mass is 498 g/mol. The second kappa shape index (κ2) is 9.50. The second-order valence-electron chi connectivity index (χ2n) is 9.21. The summed E-state index contributed by atoms with van der Waals surface area (Å²) in [4.78, 5) is 4.07. The minimum Gasteiger partial charge on any atom is -0.353 e. The maximum absolute atomic E-state index is 13.5. The van der Waals surface area contributed by atoms with Crippen molar-refractivity contribution >= 4 is 16.6 Å². The molecule has 36 heavy (non-hydrogen) atoms. The summed E-state index contributed by atoms with van der Waals surface area (Å²) in [6, 6.07) is 12.7. The Morgan fingerprint density at radius 3 is 2.56 bits per heavy atom. The van der Waals surface area contributed by atoms with E-state index in [0.717, 1.165) is 53.4 Å². The SMILES string of the molecule is CN(Cc1ccc(F)cc1C(F)(F)F)C1CCCN(c2nnc(-c3ccnn3C)c3ccccc23)C1. The molecule has 2 aromatic heterocycles. The third kappa shape index (κ3) is 4.65. The number of likely N-dealkylation sites (N-methyl/N-ethyl adjacent to an activating group) is 1. The van der Waals surface area contributed by atoms with E-state index < -0.39 is 17.6 Å². The first-order valence-electron chi connectivity index (χ1n) is 11.8. The van der Waals surface area contributed by atoms with E-state index in [4.69, 9.17) is 0 Å². The van der Waals surface area contributed by atoms with Crippen LogP contribution in [0.4, 0.5) is 23.4 Å². The van der Waals surface area contributed by atoms with Crippen LogP contribution in [0.1, 0.15) is 24.0 Å². The highest BCUT2D eigenvalue weighted by atomic mass is 19.4. The van der Waals surface area contributed by atoms with E-state index in [9.17, 15) is 17.6 Å². The molecular weight excluding hydrogens is 472 g/mol. The van der Waals surface area contributed by atoms with Crippen molar-refractivity contribution < 1.29 is 17.6 Å². The lowest BCUT2D eigenvalue weighted by Crippen LogP contribution is -2.46. The fourth-order valence-electron chi connectivity index (χ4n) is 4.97. The first-order valence-corrected chi connectivity index (χ1v) is 11.8. The zero-order chi connectivity index (χ0) is 25.4. The molecule has 3 heterocycles. The number of aromatic nitrogens is 4. The van der Waals surface area contributed by atoms with Crippen LogP contribution in [0.2, 0.25) is 0 Å². The van der Waals surface area contributed by atoms with Gasteiger partial charge in [0.2, 0.25) is 0 Å². The van der Waals surface area contributed by atoms with E-state index in [1.54, 1.807) is 10.9 Å². The molecule has 1 atom stereocenters. The molecule has 0 bridgehead atoms. The minimum atomic E-state index is -4.61. The summed E-state index contributed by atoms with van der Waals surface area (Å²) < 4.78 is 55.8. The number of benzene rings is 2. The highest BCUT2D eigenvalue weighted by molar-refractivity contribution is 5.99. The number of rotatable bonds is 5. The Hall–Kier alpha value is -3.53. The molecule has 188 valence electrons. The molecule has 1 aliphatic heterocycles. The Labute approximate surface area is 206 Å². The maximum Gasteiger partial charge on any atom is 0.416 e. The Morgan fingerprint density at radius 1 is 1.06 bits per heavy atom. The first-order chi connectivity index (χ1) is 17.2. The highest BCUT2D eigenvalue weighted by Gasteiger charge is 2.35. The Kier molecular flexibility index (Phi) is 6.38. The number of aryl methyl sites for hydroxylation is 1. The topological polar surface area (TPSA) is 50.1 Å². The maximum atomic E-state index is 13.5. The van der Waals surface area contributed by atoms with Crippen LogP contribution in [0.15, 0.2) is 54.7 Å². The molecule has 0 radical (unpaired) electrons. The number of halogens is 4. The van der Waals surface area contributed by atoms with Crippen LogP contribution >= 0.6 is 0 Å². The second-order valence-corrected chi connectivity index (χ2v) is 9.21. The van der Waals surface area contributed by atoms with Gasteiger partial charge in [0.25, 0.3) is 0 Å². The molecule has 5 rings (SSSR count). The van der Waals surface area contributed by atoms with Crippen LogP contribution in [-0.4, -0.2) is 51.1 Å². The molecule has 6 nitrogen and oxygen atoms in total. The van der Waals surface area contributed by atoms with Gasteiger partial charge in [-0.25, -0.2) is 4.39 Å². The molecule has 1 aliphatic rings. The summed E-state index contributed by atoms with van der Waals surface area (Å²) in [5, 5.41) is 15.3. The van der Waals surface area contributed by atoms with Gasteiger partial charge in [-0.1, -0.05) is 30.3 Å². The van der Waals surface area contributed by atoms with Gasteiger partial charge in [-0.15, -0.1) is 10.2 Å². The van der Waals surface area contributed by atoms with Gasteiger partial charge in [0.05, 0.1) is 11.3 Å². The average molecular weight is 499 g/mol. The summed E-state index contributed by atoms with van der Waals surface area (Å²) in [6.45, 7) is 1.45. The van der Waals surface area contributed by atoms with Crippen molar-refractivity contribution in [3.8, 4) is 11.4 Å². The smallest absolute Gasteiger partial charge is 0.353 e. The summed E-state index contributed by atoms with van der Waals surface area (Å²) in [5.74, 6) is -0.134. The number of fused-ring (bicyclic) bond motifs is 1. The zero-order valence-electron chi connectivity index (χ0n) is 20.0. The van der Waals surface area contributed by atoms with Crippen molar-refractivity contribution in [3.63, 3.8) is 0 Å². The van der Waals surface area contributed by atoms with E-state index in [-0.39, 0.29) is 18.2 Å². The molecule has 10 heteroatoms. The standard InChI is InChI=1S/C26H26F4N6/c1-34(15-17-9-10-18(27)14-22(17)26(28,29)30)19-6-5-13-36(16-19)25-21-8-4-3-7-20(21)24(32-33-25)23-11-12-31-35(23)2/h3-4,7-12,14,19H,5-6,13,15-16H2,1-2H3. The number of alkyl halides is 3.